The summed E-state index contributed by atoms with van der Waals surface area (Å²) in [5, 5.41) is 12.6. The number of aromatic nitrogens is 2. The van der Waals surface area contributed by atoms with Gasteiger partial charge in [-0.2, -0.15) is 9.97 Å². The maximum atomic E-state index is 16.2. The molecule has 0 spiro atoms. The summed E-state index contributed by atoms with van der Waals surface area (Å²) in [6.07, 6.45) is 2.82. The van der Waals surface area contributed by atoms with Crippen LogP contribution in [-0.2, 0) is 22.5 Å². The van der Waals surface area contributed by atoms with Crippen LogP contribution in [0.2, 0.25) is 16.6 Å². The first-order valence-electron chi connectivity index (χ1n) is 20.6. The molecule has 4 aliphatic rings. The second-order valence-corrected chi connectivity index (χ2v) is 23.5. The summed E-state index contributed by atoms with van der Waals surface area (Å²) < 4.78 is 55.4. The second-order valence-electron chi connectivity index (χ2n) is 17.9. The quantitative estimate of drug-likeness (QED) is 0.117. The molecule has 7 rings (SSSR count). The number of rotatable bonds is 11. The van der Waals surface area contributed by atoms with Crippen molar-refractivity contribution in [1.29, 1.82) is 0 Å². The maximum absolute atomic E-state index is 16.2. The minimum absolute atomic E-state index is 0.0530. The first kappa shape index (κ1) is 40.8. The van der Waals surface area contributed by atoms with Gasteiger partial charge in [-0.3, -0.25) is 4.90 Å². The SMILES string of the molecule is COCOc1cc(C2Cc3nc(OC[C@@]45CCCN4C[C@H](F)C5)nc(N4CCCC(C)(O)C4)c3CO2)c2c(C#C[Si](C(C)C)(C(C)C)C(C)C)c(F)ccc2c1. The Morgan fingerprint density at radius 3 is 2.50 bits per heavy atom. The Kier molecular flexibility index (Phi) is 11.8. The van der Waals surface area contributed by atoms with E-state index in [9.17, 15) is 9.50 Å². The maximum Gasteiger partial charge on any atom is 0.318 e. The summed E-state index contributed by atoms with van der Waals surface area (Å²) in [5.41, 5.74) is 6.44. The van der Waals surface area contributed by atoms with Crippen molar-refractivity contribution in [3.63, 3.8) is 0 Å². The standard InChI is InChI=1S/C44H60F2N4O5Si/c1-28(2)56(29(3)4,30(5)6)18-13-34-37(46)12-11-31-19-33(55-27-52-8)20-35(40(31)34)39-21-38-36(24-53-39)41(49-16-9-14-43(7,51)25-49)48-42(47-38)54-26-44-15-10-17-50(44)23-32(45)22-44/h11-12,19-20,28-30,32,39,51H,9-10,14-17,21-27H2,1-8H3/t32-,39?,43?,44+/m1/s1. The van der Waals surface area contributed by atoms with Gasteiger partial charge in [-0.05, 0) is 84.9 Å². The van der Waals surface area contributed by atoms with E-state index in [1.807, 2.05) is 19.1 Å². The molecule has 1 aromatic heterocycles. The Morgan fingerprint density at radius 1 is 1.04 bits per heavy atom. The molecule has 2 aromatic carbocycles. The fourth-order valence-electron chi connectivity index (χ4n) is 10.4. The third kappa shape index (κ3) is 7.79. The van der Waals surface area contributed by atoms with Crippen molar-refractivity contribution < 1.29 is 32.8 Å². The predicted octanol–water partition coefficient (Wildman–Crippen LogP) is 8.44. The zero-order valence-corrected chi connectivity index (χ0v) is 35.5. The monoisotopic (exact) mass is 790 g/mol. The Balaban J connectivity index is 1.32. The Bertz CT molecular complexity index is 1960. The summed E-state index contributed by atoms with van der Waals surface area (Å²) in [4.78, 5) is 14.3. The molecule has 0 radical (unpaired) electrons. The topological polar surface area (TPSA) is 89.4 Å². The Hall–Kier alpha value is -3.34. The number of hydrogen-bond donors (Lipinski definition) is 1. The zero-order chi connectivity index (χ0) is 40.0. The number of halogens is 2. The van der Waals surface area contributed by atoms with Gasteiger partial charge in [-0.25, -0.2) is 8.78 Å². The van der Waals surface area contributed by atoms with Crippen LogP contribution in [0.3, 0.4) is 0 Å². The van der Waals surface area contributed by atoms with Crippen LogP contribution >= 0.6 is 0 Å². The molecule has 5 heterocycles. The molecular weight excluding hydrogens is 731 g/mol. The van der Waals surface area contributed by atoms with Crippen LogP contribution in [0.1, 0.15) is 109 Å². The van der Waals surface area contributed by atoms with Crippen molar-refractivity contribution in [2.45, 2.75) is 134 Å². The number of fused-ring (bicyclic) bond motifs is 3. The summed E-state index contributed by atoms with van der Waals surface area (Å²) in [7, 11) is -0.626. The number of hydrogen-bond acceptors (Lipinski definition) is 9. The number of piperidine rings is 1. The Labute approximate surface area is 332 Å². The molecule has 304 valence electrons. The molecular formula is C44H60F2N4O5Si. The molecule has 0 amide bonds. The van der Waals surface area contributed by atoms with E-state index in [2.05, 4.69) is 62.8 Å². The van der Waals surface area contributed by atoms with Crippen molar-refractivity contribution in [3.8, 4) is 23.2 Å². The van der Waals surface area contributed by atoms with E-state index in [1.54, 1.807) is 13.2 Å². The van der Waals surface area contributed by atoms with Crippen molar-refractivity contribution in [2.75, 3.05) is 51.6 Å². The van der Waals surface area contributed by atoms with Crippen LogP contribution in [0.4, 0.5) is 14.6 Å². The number of aliphatic hydroxyl groups is 1. The average Bonchev–Trinajstić information content (AvgIpc) is 3.68. The van der Waals surface area contributed by atoms with Crippen LogP contribution in [0, 0.1) is 17.3 Å². The fourth-order valence-corrected chi connectivity index (χ4v) is 15.6. The van der Waals surface area contributed by atoms with Gasteiger partial charge in [0.05, 0.1) is 35.1 Å². The molecule has 1 N–H and O–H groups in total. The van der Waals surface area contributed by atoms with Crippen molar-refractivity contribution in [1.82, 2.24) is 14.9 Å². The van der Waals surface area contributed by atoms with Crippen molar-refractivity contribution >= 4 is 24.7 Å². The van der Waals surface area contributed by atoms with Crippen molar-refractivity contribution in [3.05, 3.63) is 52.5 Å². The molecule has 9 nitrogen and oxygen atoms in total. The first-order valence-corrected chi connectivity index (χ1v) is 22.8. The number of methoxy groups -OCH3 is 1. The van der Waals surface area contributed by atoms with E-state index < -0.39 is 26.0 Å². The minimum atomic E-state index is -2.20. The largest absolute Gasteiger partial charge is 0.468 e. The Morgan fingerprint density at radius 2 is 1.79 bits per heavy atom. The van der Waals surface area contributed by atoms with Gasteiger partial charge >= 0.3 is 6.01 Å². The molecule has 56 heavy (non-hydrogen) atoms. The molecule has 4 aliphatic heterocycles. The number of anilines is 1. The average molecular weight is 791 g/mol. The van der Waals surface area contributed by atoms with E-state index in [1.165, 1.54) is 6.07 Å². The lowest BCUT2D eigenvalue weighted by Crippen LogP contribution is -2.47. The molecule has 0 saturated carbocycles. The summed E-state index contributed by atoms with van der Waals surface area (Å²) in [6.45, 7) is 18.4. The van der Waals surface area contributed by atoms with Gasteiger partial charge < -0.3 is 29.0 Å². The molecule has 0 bridgehead atoms. The third-order valence-electron chi connectivity index (χ3n) is 13.1. The number of benzene rings is 2. The van der Waals surface area contributed by atoms with Gasteiger partial charge in [0, 0.05) is 50.5 Å². The van der Waals surface area contributed by atoms with Gasteiger partial charge in [-0.15, -0.1) is 5.54 Å². The fraction of sp³-hybridized carbons (Fsp3) is 0.636. The lowest BCUT2D eigenvalue weighted by atomic mass is 9.91. The third-order valence-corrected chi connectivity index (χ3v) is 19.4. The van der Waals surface area contributed by atoms with E-state index in [4.69, 9.17) is 28.9 Å². The summed E-state index contributed by atoms with van der Waals surface area (Å²) in [5.74, 6) is 4.35. The van der Waals surface area contributed by atoms with Crippen LogP contribution < -0.4 is 14.4 Å². The van der Waals surface area contributed by atoms with Gasteiger partial charge in [-0.1, -0.05) is 53.5 Å². The highest BCUT2D eigenvalue weighted by atomic mass is 28.3. The number of β-amino-alcohol motifs (C(OH)–C–C–N with tert-alkyl or cyclic N) is 1. The summed E-state index contributed by atoms with van der Waals surface area (Å²) >= 11 is 0. The van der Waals surface area contributed by atoms with Gasteiger partial charge in [0.25, 0.3) is 0 Å². The molecule has 4 atom stereocenters. The van der Waals surface area contributed by atoms with E-state index >= 15 is 4.39 Å². The van der Waals surface area contributed by atoms with Crippen LogP contribution in [0.15, 0.2) is 24.3 Å². The molecule has 12 heteroatoms. The molecule has 3 fully saturated rings. The van der Waals surface area contributed by atoms with E-state index in [0.29, 0.717) is 78.1 Å². The van der Waals surface area contributed by atoms with Crippen LogP contribution in [-0.4, -0.2) is 92.0 Å². The highest BCUT2D eigenvalue weighted by molar-refractivity contribution is 6.90. The van der Waals surface area contributed by atoms with Gasteiger partial charge in [0.2, 0.25) is 0 Å². The molecule has 3 aromatic rings. The number of alkyl halides is 1. The summed E-state index contributed by atoms with van der Waals surface area (Å²) in [6, 6.07) is 7.34. The van der Waals surface area contributed by atoms with E-state index in [0.717, 1.165) is 54.6 Å². The van der Waals surface area contributed by atoms with Gasteiger partial charge in [0.1, 0.15) is 38.2 Å². The van der Waals surface area contributed by atoms with Crippen LogP contribution in [0.25, 0.3) is 10.8 Å². The molecule has 3 saturated heterocycles. The highest BCUT2D eigenvalue weighted by Crippen LogP contribution is 2.44. The first-order chi connectivity index (χ1) is 26.7. The smallest absolute Gasteiger partial charge is 0.318 e. The number of ether oxygens (including phenoxy) is 4. The molecule has 2 unspecified atom stereocenters. The zero-order valence-electron chi connectivity index (χ0n) is 34.5. The number of nitrogens with zero attached hydrogens (tertiary/aromatic N) is 4. The molecule has 0 aliphatic carbocycles. The normalized spacial score (nSPS) is 25.5. The minimum Gasteiger partial charge on any atom is -0.468 e. The van der Waals surface area contributed by atoms with Gasteiger partial charge in [0.15, 0.2) is 6.79 Å². The van der Waals surface area contributed by atoms with Crippen LogP contribution in [0.5, 0.6) is 11.8 Å². The lowest BCUT2D eigenvalue weighted by molar-refractivity contribution is 0.0244. The van der Waals surface area contributed by atoms with Crippen molar-refractivity contribution in [2.24, 2.45) is 0 Å². The highest BCUT2D eigenvalue weighted by Gasteiger charge is 2.49. The lowest BCUT2D eigenvalue weighted by Gasteiger charge is -2.39. The predicted molar refractivity (Wildman–Crippen MR) is 218 cm³/mol. The van der Waals surface area contributed by atoms with E-state index in [-0.39, 0.29) is 30.8 Å². The second kappa shape index (κ2) is 16.1.